The Balaban J connectivity index is 1.22. The monoisotopic (exact) mass is 641 g/mol. The molecule has 0 unspecified atom stereocenters. The molecule has 3 amide bonds. The van der Waals surface area contributed by atoms with Gasteiger partial charge in [0.15, 0.2) is 11.3 Å². The van der Waals surface area contributed by atoms with Gasteiger partial charge in [0, 0.05) is 24.7 Å². The van der Waals surface area contributed by atoms with Crippen LogP contribution >= 0.6 is 0 Å². The van der Waals surface area contributed by atoms with E-state index in [9.17, 15) is 38.3 Å². The quantitative estimate of drug-likeness (QED) is 0.112. The highest BCUT2D eigenvalue weighted by Gasteiger charge is 2.28. The largest absolute Gasteiger partial charge is 0.478 e. The molecule has 0 bridgehead atoms. The molecule has 0 aliphatic heterocycles. The number of nitrogen functional groups attached to an aromatic ring is 1. The van der Waals surface area contributed by atoms with E-state index in [1.165, 1.54) is 18.2 Å². The molecule has 238 valence electrons. The summed E-state index contributed by atoms with van der Waals surface area (Å²) in [5, 5.41) is 24.9. The topological polar surface area (TPSA) is 254 Å². The molecule has 1 aliphatic rings. The molecule has 8 N–H and O–H groups in total. The van der Waals surface area contributed by atoms with Crippen molar-refractivity contribution in [3.63, 3.8) is 0 Å². The molecule has 17 heteroatoms. The number of halogens is 1. The maximum atomic E-state index is 14.5. The molecule has 0 fully saturated rings. The minimum Gasteiger partial charge on any atom is -0.478 e. The Labute approximate surface area is 262 Å². The van der Waals surface area contributed by atoms with E-state index in [1.807, 2.05) is 0 Å². The Hall–Kier alpha value is -6.52. The molecular weight excluding hydrogens is 617 g/mol. The number of nitrogens with zero attached hydrogens (tertiary/aromatic N) is 4. The van der Waals surface area contributed by atoms with Crippen LogP contribution in [-0.2, 0) is 19.5 Å². The summed E-state index contributed by atoms with van der Waals surface area (Å²) in [6, 6.07) is 9.35. The average molecular weight is 642 g/mol. The zero-order valence-corrected chi connectivity index (χ0v) is 24.2. The van der Waals surface area contributed by atoms with E-state index in [1.54, 1.807) is 12.1 Å². The van der Waals surface area contributed by atoms with Crippen molar-refractivity contribution in [2.75, 3.05) is 11.1 Å². The van der Waals surface area contributed by atoms with E-state index in [-0.39, 0.29) is 58.3 Å². The molecule has 1 aliphatic carbocycles. The number of rotatable bonds is 10. The normalized spacial score (nSPS) is 13.8. The van der Waals surface area contributed by atoms with Gasteiger partial charge < -0.3 is 32.5 Å². The number of amides is 3. The molecule has 6 rings (SSSR count). The Morgan fingerprint density at radius 2 is 1.81 bits per heavy atom. The number of nitrogens with one attached hydrogen (secondary N) is 3. The second-order valence-corrected chi connectivity index (χ2v) is 10.8. The summed E-state index contributed by atoms with van der Waals surface area (Å²) in [5.74, 6) is -4.10. The number of aromatic nitrogens is 4. The summed E-state index contributed by atoms with van der Waals surface area (Å²) < 4.78 is 15.4. The Kier molecular flexibility index (Phi) is 7.64. The number of carbonyl (C=O) groups excluding carboxylic acids is 3. The number of nitrogens with two attached hydrogens (primary N) is 2. The Morgan fingerprint density at radius 1 is 1.02 bits per heavy atom. The van der Waals surface area contributed by atoms with Crippen LogP contribution < -0.4 is 38.3 Å². The minimum absolute atomic E-state index is 0.0951. The van der Waals surface area contributed by atoms with E-state index >= 15 is 0 Å². The van der Waals surface area contributed by atoms with E-state index < -0.39 is 46.4 Å². The molecule has 2 heterocycles. The highest BCUT2D eigenvalue weighted by molar-refractivity contribution is 6.01. The fourth-order valence-corrected chi connectivity index (χ4v) is 5.36. The van der Waals surface area contributed by atoms with Crippen LogP contribution in [0.4, 0.5) is 15.8 Å². The molecule has 0 saturated heterocycles. The maximum absolute atomic E-state index is 14.5. The fraction of sp³-hybridized carbons (Fsp3) is 0.167. The summed E-state index contributed by atoms with van der Waals surface area (Å²) in [6.07, 6.45) is 1.03. The van der Waals surface area contributed by atoms with Crippen molar-refractivity contribution in [3.8, 4) is 0 Å². The van der Waals surface area contributed by atoms with Gasteiger partial charge in [0.05, 0.1) is 11.6 Å². The molecule has 0 spiro atoms. The van der Waals surface area contributed by atoms with Gasteiger partial charge in [-0.15, -0.1) is 5.10 Å². The van der Waals surface area contributed by atoms with Crippen LogP contribution in [-0.4, -0.2) is 48.6 Å². The number of fused-ring (bicyclic) bond motifs is 2. The van der Waals surface area contributed by atoms with Gasteiger partial charge >= 0.3 is 5.97 Å². The highest BCUT2D eigenvalue weighted by atomic mass is 19.1. The number of benzene rings is 2. The van der Waals surface area contributed by atoms with Crippen molar-refractivity contribution in [1.29, 1.82) is 0 Å². The number of hydrogen-bond donors (Lipinski definition) is 6. The van der Waals surface area contributed by atoms with E-state index in [2.05, 4.69) is 31.2 Å². The van der Waals surface area contributed by atoms with Gasteiger partial charge in [-0.3, -0.25) is 24.0 Å². The molecule has 3 aromatic carbocycles. The lowest BCUT2D eigenvalue weighted by atomic mass is 10.0. The number of carboxylic acid groups (broad SMARTS) is 1. The maximum Gasteiger partial charge on any atom is 0.335 e. The number of carbonyl (C=O) groups is 4. The zero-order chi connectivity index (χ0) is 33.6. The van der Waals surface area contributed by atoms with Crippen LogP contribution in [0.1, 0.15) is 76.5 Å². The number of carboxylic acids is 1. The second kappa shape index (κ2) is 11.8. The lowest BCUT2D eigenvalue weighted by molar-refractivity contribution is 0.0695. The lowest BCUT2D eigenvalue weighted by Gasteiger charge is -2.15. The average Bonchev–Trinajstić information content (AvgIpc) is 3.68. The van der Waals surface area contributed by atoms with E-state index in [0.29, 0.717) is 18.4 Å². The number of aryl methyl sites for hydroxylation is 1. The first kappa shape index (κ1) is 30.5. The SMILES string of the molecule is NC(=O)c1nnn2c(C(=O)NCc3ccc(F)c(CNc4c(N)c(=O)c4=O)c3)cc(C(=O)N[C@H]3CCc4cc(C(=O)O)ccc43)nc12. The van der Waals surface area contributed by atoms with E-state index in [0.717, 1.165) is 27.8 Å². The molecular formula is C30H24FN9O7. The first-order valence-electron chi connectivity index (χ1n) is 14.0. The molecule has 16 nitrogen and oxygen atoms in total. The molecule has 47 heavy (non-hydrogen) atoms. The van der Waals surface area contributed by atoms with Gasteiger partial charge in [-0.1, -0.05) is 17.3 Å². The number of hydrogen-bond acceptors (Lipinski definition) is 11. The van der Waals surface area contributed by atoms with Crippen molar-refractivity contribution in [2.24, 2.45) is 5.73 Å². The van der Waals surface area contributed by atoms with Gasteiger partial charge in [-0.25, -0.2) is 14.2 Å². The summed E-state index contributed by atoms with van der Waals surface area (Å²) in [7, 11) is 0. The zero-order valence-electron chi connectivity index (χ0n) is 24.2. The number of aromatic carboxylic acids is 1. The number of primary amides is 1. The van der Waals surface area contributed by atoms with Crippen LogP contribution in [0.25, 0.3) is 5.65 Å². The third-order valence-electron chi connectivity index (χ3n) is 7.81. The van der Waals surface area contributed by atoms with Crippen LogP contribution in [0, 0.1) is 5.82 Å². The third-order valence-corrected chi connectivity index (χ3v) is 7.81. The Bertz CT molecular complexity index is 2220. The van der Waals surface area contributed by atoms with Gasteiger partial charge in [0.25, 0.3) is 28.6 Å². The van der Waals surface area contributed by atoms with Crippen molar-refractivity contribution >= 4 is 40.7 Å². The highest BCUT2D eigenvalue weighted by Crippen LogP contribution is 2.32. The first-order chi connectivity index (χ1) is 22.4. The molecule has 0 radical (unpaired) electrons. The van der Waals surface area contributed by atoms with Crippen LogP contribution in [0.5, 0.6) is 0 Å². The van der Waals surface area contributed by atoms with Crippen molar-refractivity contribution < 1.29 is 28.7 Å². The standard InChI is InChI=1S/C30H24FN9O7/c31-17-5-1-12(7-15(17)11-34-22-21(32)24(41)25(22)42)10-35-29(45)20-9-19(36-27-23(26(33)43)38-39-40(20)27)28(44)37-18-6-3-13-8-14(30(46)47)2-4-16(13)18/h1-2,4-5,7-9,18,34H,3,6,10-11,32H2,(H2,33,43)(H,35,45)(H,37,44)(H,46,47)/t18-/m0/s1. The molecule has 5 aromatic rings. The molecule has 2 aromatic heterocycles. The van der Waals surface area contributed by atoms with Crippen LogP contribution in [0.3, 0.4) is 0 Å². The van der Waals surface area contributed by atoms with Crippen molar-refractivity contribution in [2.45, 2.75) is 32.0 Å². The minimum atomic E-state index is -1.07. The predicted molar refractivity (Wildman–Crippen MR) is 162 cm³/mol. The second-order valence-electron chi connectivity index (χ2n) is 10.8. The van der Waals surface area contributed by atoms with Gasteiger partial charge in [0.2, 0.25) is 0 Å². The Morgan fingerprint density at radius 3 is 2.53 bits per heavy atom. The van der Waals surface area contributed by atoms with Crippen LogP contribution in [0.2, 0.25) is 0 Å². The predicted octanol–water partition coefficient (Wildman–Crippen LogP) is 0.198. The van der Waals surface area contributed by atoms with Gasteiger partial charge in [-0.2, -0.15) is 4.52 Å². The van der Waals surface area contributed by atoms with Crippen molar-refractivity contribution in [1.82, 2.24) is 30.4 Å². The summed E-state index contributed by atoms with van der Waals surface area (Å²) in [5.41, 5.74) is 10.2. The van der Waals surface area contributed by atoms with Crippen LogP contribution in [0.15, 0.2) is 52.1 Å². The van der Waals surface area contributed by atoms with Gasteiger partial charge in [0.1, 0.15) is 28.6 Å². The third kappa shape index (κ3) is 5.60. The number of anilines is 2. The first-order valence-corrected chi connectivity index (χ1v) is 14.0. The smallest absolute Gasteiger partial charge is 0.335 e. The molecule has 0 saturated carbocycles. The summed E-state index contributed by atoms with van der Waals surface area (Å²) >= 11 is 0. The molecule has 1 atom stereocenters. The lowest BCUT2D eigenvalue weighted by Crippen LogP contribution is -2.37. The van der Waals surface area contributed by atoms with Gasteiger partial charge in [-0.05, 0) is 53.8 Å². The summed E-state index contributed by atoms with van der Waals surface area (Å²) in [6.45, 7) is -0.276. The van der Waals surface area contributed by atoms with E-state index in [4.69, 9.17) is 11.5 Å². The van der Waals surface area contributed by atoms with Crippen molar-refractivity contribution in [3.05, 3.63) is 114 Å². The summed E-state index contributed by atoms with van der Waals surface area (Å²) in [4.78, 5) is 77.3. The fourth-order valence-electron chi connectivity index (χ4n) is 5.36.